The normalized spacial score (nSPS) is 12.7. The predicted molar refractivity (Wildman–Crippen MR) is 58.5 cm³/mol. The molecule has 0 bridgehead atoms. The highest BCUT2D eigenvalue weighted by atomic mass is 28.3. The Labute approximate surface area is 86.7 Å². The van der Waals surface area contributed by atoms with E-state index < -0.39 is 19.6 Å². The van der Waals surface area contributed by atoms with Gasteiger partial charge in [0.15, 0.2) is 5.60 Å². The van der Waals surface area contributed by atoms with Crippen LogP contribution in [0.15, 0.2) is 0 Å². The first-order chi connectivity index (χ1) is 6.19. The van der Waals surface area contributed by atoms with E-state index in [1.54, 1.807) is 13.8 Å². The van der Waals surface area contributed by atoms with Crippen molar-refractivity contribution in [1.29, 1.82) is 0 Å². The topological polar surface area (TPSA) is 61.5 Å². The van der Waals surface area contributed by atoms with Crippen molar-refractivity contribution in [3.63, 3.8) is 0 Å². The fourth-order valence-corrected chi connectivity index (χ4v) is 1.39. The molecule has 0 saturated carbocycles. The molecular weight excluding hydrogens is 198 g/mol. The smallest absolute Gasteiger partial charge is 0.339 e. The summed E-state index contributed by atoms with van der Waals surface area (Å²) in [5.74, 6) is 4.57. The molecule has 0 radical (unpaired) electrons. The minimum Gasteiger partial charge on any atom is -0.464 e. The van der Waals surface area contributed by atoms with E-state index in [0.717, 1.165) is 6.04 Å². The van der Waals surface area contributed by atoms with Crippen molar-refractivity contribution in [3.8, 4) is 0 Å². The van der Waals surface area contributed by atoms with Crippen molar-refractivity contribution in [1.82, 2.24) is 0 Å². The lowest BCUT2D eigenvalue weighted by Crippen LogP contribution is -2.39. The SMILES string of the molecule is CC(C)(ON)C(=O)OCC[Si](C)(C)C. The molecule has 0 fully saturated rings. The number of ether oxygens (including phenoxy) is 1. The molecule has 0 aromatic heterocycles. The third-order valence-electron chi connectivity index (χ3n) is 1.87. The maximum atomic E-state index is 11.4. The molecule has 0 rings (SSSR count). The molecule has 84 valence electrons. The number of esters is 1. The van der Waals surface area contributed by atoms with Crippen LogP contribution in [-0.4, -0.2) is 26.3 Å². The predicted octanol–water partition coefficient (Wildman–Crippen LogP) is 1.54. The first-order valence-corrected chi connectivity index (χ1v) is 8.45. The molecule has 0 aromatic carbocycles. The van der Waals surface area contributed by atoms with Crippen LogP contribution >= 0.6 is 0 Å². The molecule has 0 amide bonds. The van der Waals surface area contributed by atoms with E-state index in [2.05, 4.69) is 24.5 Å². The van der Waals surface area contributed by atoms with Gasteiger partial charge in [0.2, 0.25) is 0 Å². The number of hydrogen-bond acceptors (Lipinski definition) is 4. The molecule has 2 N–H and O–H groups in total. The number of carbonyl (C=O) groups is 1. The second-order valence-electron chi connectivity index (χ2n) is 5.07. The Bertz CT molecular complexity index is 199. The second-order valence-corrected chi connectivity index (χ2v) is 10.7. The highest BCUT2D eigenvalue weighted by Gasteiger charge is 2.30. The fraction of sp³-hybridized carbons (Fsp3) is 0.889. The quantitative estimate of drug-likeness (QED) is 0.433. The highest BCUT2D eigenvalue weighted by molar-refractivity contribution is 6.76. The molecule has 0 unspecified atom stereocenters. The van der Waals surface area contributed by atoms with Gasteiger partial charge < -0.3 is 4.74 Å². The zero-order valence-corrected chi connectivity index (χ0v) is 10.7. The van der Waals surface area contributed by atoms with E-state index in [1.165, 1.54) is 0 Å². The van der Waals surface area contributed by atoms with Crippen molar-refractivity contribution in [2.45, 2.75) is 45.1 Å². The number of hydrogen-bond donors (Lipinski definition) is 1. The summed E-state index contributed by atoms with van der Waals surface area (Å²) in [4.78, 5) is 15.9. The second kappa shape index (κ2) is 4.91. The summed E-state index contributed by atoms with van der Waals surface area (Å²) in [6.07, 6.45) is 0. The van der Waals surface area contributed by atoms with Gasteiger partial charge in [-0.2, -0.15) is 0 Å². The maximum Gasteiger partial charge on any atom is 0.339 e. The molecule has 0 atom stereocenters. The van der Waals surface area contributed by atoms with E-state index in [-0.39, 0.29) is 0 Å². The molecule has 0 heterocycles. The summed E-state index contributed by atoms with van der Waals surface area (Å²) in [7, 11) is -1.14. The number of carbonyl (C=O) groups excluding carboxylic acids is 1. The Morgan fingerprint density at radius 2 is 1.86 bits per heavy atom. The van der Waals surface area contributed by atoms with Crippen LogP contribution in [0, 0.1) is 0 Å². The third-order valence-corrected chi connectivity index (χ3v) is 3.58. The molecule has 4 nitrogen and oxygen atoms in total. The van der Waals surface area contributed by atoms with Crippen molar-refractivity contribution in [3.05, 3.63) is 0 Å². The average Bonchev–Trinajstić information content (AvgIpc) is 2.02. The summed E-state index contributed by atoms with van der Waals surface area (Å²) in [6.45, 7) is 10.3. The van der Waals surface area contributed by atoms with Gasteiger partial charge in [0.05, 0.1) is 6.61 Å². The number of nitrogens with two attached hydrogens (primary N) is 1. The van der Waals surface area contributed by atoms with Crippen LogP contribution in [0.5, 0.6) is 0 Å². The minimum absolute atomic E-state index is 0.404. The Morgan fingerprint density at radius 3 is 2.21 bits per heavy atom. The largest absolute Gasteiger partial charge is 0.464 e. The van der Waals surface area contributed by atoms with E-state index in [0.29, 0.717) is 6.61 Å². The molecule has 0 spiro atoms. The van der Waals surface area contributed by atoms with Gasteiger partial charge in [-0.05, 0) is 19.9 Å². The van der Waals surface area contributed by atoms with E-state index in [4.69, 9.17) is 10.6 Å². The van der Waals surface area contributed by atoms with Gasteiger partial charge in [-0.1, -0.05) is 19.6 Å². The van der Waals surface area contributed by atoms with Crippen molar-refractivity contribution in [2.75, 3.05) is 6.61 Å². The van der Waals surface area contributed by atoms with Crippen molar-refractivity contribution in [2.24, 2.45) is 5.90 Å². The molecule has 0 saturated heterocycles. The van der Waals surface area contributed by atoms with Crippen LogP contribution in [0.25, 0.3) is 0 Å². The van der Waals surface area contributed by atoms with Crippen LogP contribution in [-0.2, 0) is 14.4 Å². The number of rotatable bonds is 5. The molecule has 0 aliphatic carbocycles. The first-order valence-electron chi connectivity index (χ1n) is 4.74. The lowest BCUT2D eigenvalue weighted by atomic mass is 10.1. The first kappa shape index (κ1) is 13.6. The highest BCUT2D eigenvalue weighted by Crippen LogP contribution is 2.11. The van der Waals surface area contributed by atoms with Gasteiger partial charge in [-0.15, -0.1) is 0 Å². The summed E-state index contributed by atoms with van der Waals surface area (Å²) in [5, 5.41) is 0. The molecule has 0 aliphatic rings. The lowest BCUT2D eigenvalue weighted by Gasteiger charge is -2.21. The van der Waals surface area contributed by atoms with Gasteiger partial charge in [0.1, 0.15) is 0 Å². The van der Waals surface area contributed by atoms with Crippen LogP contribution in [0.3, 0.4) is 0 Å². The van der Waals surface area contributed by atoms with Crippen LogP contribution in [0.2, 0.25) is 25.7 Å². The van der Waals surface area contributed by atoms with Crippen molar-refractivity contribution >= 4 is 14.0 Å². The Hall–Kier alpha value is -0.393. The summed E-state index contributed by atoms with van der Waals surface area (Å²) >= 11 is 0. The average molecular weight is 219 g/mol. The zero-order chi connectivity index (χ0) is 11.4. The monoisotopic (exact) mass is 219 g/mol. The Morgan fingerprint density at radius 1 is 1.36 bits per heavy atom. The lowest BCUT2D eigenvalue weighted by molar-refractivity contribution is -0.168. The molecule has 0 aliphatic heterocycles. The zero-order valence-electron chi connectivity index (χ0n) is 9.72. The standard InChI is InChI=1S/C9H21NO3Si/c1-9(2,13-10)8(11)12-6-7-14(3,4)5/h6-7,10H2,1-5H3. The maximum absolute atomic E-state index is 11.4. The van der Waals surface area contributed by atoms with Gasteiger partial charge in [0, 0.05) is 8.07 Å². The van der Waals surface area contributed by atoms with Gasteiger partial charge >= 0.3 is 5.97 Å². The summed E-state index contributed by atoms with van der Waals surface area (Å²) in [6, 6.07) is 0.958. The Kier molecular flexibility index (Phi) is 4.77. The van der Waals surface area contributed by atoms with Crippen LogP contribution in [0.1, 0.15) is 13.8 Å². The Balaban J connectivity index is 3.87. The van der Waals surface area contributed by atoms with Gasteiger partial charge in [-0.3, -0.25) is 4.84 Å². The molecular formula is C9H21NO3Si. The van der Waals surface area contributed by atoms with Gasteiger partial charge in [-0.25, -0.2) is 10.7 Å². The van der Waals surface area contributed by atoms with E-state index >= 15 is 0 Å². The summed E-state index contributed by atoms with van der Waals surface area (Å²) < 4.78 is 5.06. The fourth-order valence-electron chi connectivity index (χ4n) is 0.672. The van der Waals surface area contributed by atoms with E-state index in [1.807, 2.05) is 0 Å². The summed E-state index contributed by atoms with van der Waals surface area (Å²) in [5.41, 5.74) is -1.04. The van der Waals surface area contributed by atoms with Crippen LogP contribution in [0.4, 0.5) is 0 Å². The van der Waals surface area contributed by atoms with Crippen molar-refractivity contribution < 1.29 is 14.4 Å². The molecule has 14 heavy (non-hydrogen) atoms. The van der Waals surface area contributed by atoms with Crippen LogP contribution < -0.4 is 5.90 Å². The molecule has 0 aromatic rings. The third kappa shape index (κ3) is 5.36. The minimum atomic E-state index is -1.14. The van der Waals surface area contributed by atoms with E-state index in [9.17, 15) is 4.79 Å². The molecule has 5 heteroatoms. The van der Waals surface area contributed by atoms with Gasteiger partial charge in [0.25, 0.3) is 0 Å².